The van der Waals surface area contributed by atoms with Crippen molar-refractivity contribution in [3.05, 3.63) is 28.2 Å². The second-order valence-electron chi connectivity index (χ2n) is 4.93. The van der Waals surface area contributed by atoms with Crippen LogP contribution in [0.1, 0.15) is 19.8 Å². The van der Waals surface area contributed by atoms with Crippen molar-refractivity contribution in [2.75, 3.05) is 19.7 Å². The molecular weight excluding hydrogens is 285 g/mol. The lowest BCUT2D eigenvalue weighted by Crippen LogP contribution is -2.41. The molecule has 0 aromatic heterocycles. The minimum Gasteiger partial charge on any atom is -0.482 e. The molecule has 0 saturated carbocycles. The van der Waals surface area contributed by atoms with E-state index in [-0.39, 0.29) is 12.5 Å². The van der Waals surface area contributed by atoms with Crippen LogP contribution in [0.3, 0.4) is 0 Å². The number of carbonyl (C=O) groups excluding carboxylic acids is 1. The first kappa shape index (κ1) is 14.5. The molecule has 1 atom stereocenters. The highest BCUT2D eigenvalue weighted by Gasteiger charge is 2.21. The number of piperidine rings is 1. The molecule has 1 aliphatic heterocycles. The number of ether oxygens (including phenoxy) is 1. The molecule has 2 rings (SSSR count). The summed E-state index contributed by atoms with van der Waals surface area (Å²) in [5.41, 5.74) is 0. The van der Waals surface area contributed by atoms with Gasteiger partial charge in [-0.25, -0.2) is 0 Å². The Hall–Kier alpha value is -0.930. The summed E-state index contributed by atoms with van der Waals surface area (Å²) in [5.74, 6) is 1.02. The molecule has 1 heterocycles. The average molecular weight is 302 g/mol. The number of likely N-dealkylation sites (tertiary alicyclic amines) is 1. The van der Waals surface area contributed by atoms with Gasteiger partial charge in [-0.1, -0.05) is 36.2 Å². The highest BCUT2D eigenvalue weighted by Crippen LogP contribution is 2.31. The molecular formula is C14H17Cl2NO2. The Morgan fingerprint density at radius 1 is 1.47 bits per heavy atom. The van der Waals surface area contributed by atoms with Crippen molar-refractivity contribution in [2.24, 2.45) is 5.92 Å². The number of rotatable bonds is 3. The Morgan fingerprint density at radius 2 is 2.26 bits per heavy atom. The van der Waals surface area contributed by atoms with Crippen LogP contribution < -0.4 is 4.74 Å². The maximum absolute atomic E-state index is 12.0. The minimum atomic E-state index is 0.00240. The van der Waals surface area contributed by atoms with Crippen LogP contribution in [0.4, 0.5) is 0 Å². The standard InChI is InChI=1S/C14H17Cl2NO2/c1-10-4-3-7-17(8-10)13(18)9-19-12-6-2-5-11(15)14(12)16/h2,5-6,10H,3-4,7-9H2,1H3/t10-/m0/s1. The third-order valence-electron chi connectivity index (χ3n) is 3.28. The first-order chi connectivity index (χ1) is 9.08. The van der Waals surface area contributed by atoms with E-state index in [0.717, 1.165) is 19.5 Å². The molecule has 3 nitrogen and oxygen atoms in total. The van der Waals surface area contributed by atoms with E-state index < -0.39 is 0 Å². The summed E-state index contributed by atoms with van der Waals surface area (Å²) in [4.78, 5) is 13.9. The van der Waals surface area contributed by atoms with Crippen LogP contribution in [0.2, 0.25) is 10.0 Å². The lowest BCUT2D eigenvalue weighted by Gasteiger charge is -2.30. The van der Waals surface area contributed by atoms with Gasteiger partial charge in [-0.05, 0) is 30.9 Å². The van der Waals surface area contributed by atoms with Gasteiger partial charge in [-0.15, -0.1) is 0 Å². The average Bonchev–Trinajstić information content (AvgIpc) is 2.40. The molecule has 0 aliphatic carbocycles. The molecule has 1 amide bonds. The van der Waals surface area contributed by atoms with E-state index in [4.69, 9.17) is 27.9 Å². The van der Waals surface area contributed by atoms with Gasteiger partial charge in [0.25, 0.3) is 5.91 Å². The molecule has 1 aliphatic rings. The lowest BCUT2D eigenvalue weighted by atomic mass is 10.0. The first-order valence-electron chi connectivity index (χ1n) is 6.42. The number of hydrogen-bond acceptors (Lipinski definition) is 2. The van der Waals surface area contributed by atoms with Crippen LogP contribution in [0.15, 0.2) is 18.2 Å². The van der Waals surface area contributed by atoms with E-state index >= 15 is 0 Å². The maximum atomic E-state index is 12.0. The summed E-state index contributed by atoms with van der Waals surface area (Å²) < 4.78 is 5.46. The number of amides is 1. The van der Waals surface area contributed by atoms with E-state index in [1.807, 2.05) is 4.90 Å². The smallest absolute Gasteiger partial charge is 0.260 e. The molecule has 1 fully saturated rings. The van der Waals surface area contributed by atoms with E-state index in [1.54, 1.807) is 18.2 Å². The predicted octanol–water partition coefficient (Wildman–Crippen LogP) is 3.63. The van der Waals surface area contributed by atoms with Gasteiger partial charge in [0.2, 0.25) is 0 Å². The monoisotopic (exact) mass is 301 g/mol. The second kappa shape index (κ2) is 6.49. The van der Waals surface area contributed by atoms with Crippen LogP contribution in [-0.2, 0) is 4.79 Å². The quantitative estimate of drug-likeness (QED) is 0.853. The fraction of sp³-hybridized carbons (Fsp3) is 0.500. The van der Waals surface area contributed by atoms with E-state index in [0.29, 0.717) is 21.7 Å². The Kier molecular flexibility index (Phi) is 4.94. The SMILES string of the molecule is C[C@H]1CCCN(C(=O)COc2cccc(Cl)c2Cl)C1. The Morgan fingerprint density at radius 3 is 3.00 bits per heavy atom. The molecule has 0 unspecified atom stereocenters. The molecule has 0 bridgehead atoms. The van der Waals surface area contributed by atoms with Crippen molar-refractivity contribution in [1.82, 2.24) is 4.90 Å². The zero-order valence-corrected chi connectivity index (χ0v) is 12.4. The molecule has 0 radical (unpaired) electrons. The van der Waals surface area contributed by atoms with Gasteiger partial charge in [0, 0.05) is 13.1 Å². The van der Waals surface area contributed by atoms with Crippen LogP contribution in [0, 0.1) is 5.92 Å². The van der Waals surface area contributed by atoms with Gasteiger partial charge in [0.05, 0.1) is 5.02 Å². The Bertz CT molecular complexity index is 465. The maximum Gasteiger partial charge on any atom is 0.260 e. The normalized spacial score (nSPS) is 19.3. The molecule has 0 N–H and O–H groups in total. The summed E-state index contributed by atoms with van der Waals surface area (Å²) in [5, 5.41) is 0.780. The van der Waals surface area contributed by atoms with E-state index in [1.165, 1.54) is 6.42 Å². The highest BCUT2D eigenvalue weighted by molar-refractivity contribution is 6.42. The van der Waals surface area contributed by atoms with Gasteiger partial charge in [-0.2, -0.15) is 0 Å². The summed E-state index contributed by atoms with van der Waals surface area (Å²) in [6, 6.07) is 5.14. The lowest BCUT2D eigenvalue weighted by molar-refractivity contribution is -0.135. The number of halogens is 2. The fourth-order valence-corrected chi connectivity index (χ4v) is 2.59. The molecule has 1 aromatic rings. The highest BCUT2D eigenvalue weighted by atomic mass is 35.5. The van der Waals surface area contributed by atoms with Gasteiger partial charge in [-0.3, -0.25) is 4.79 Å². The van der Waals surface area contributed by atoms with E-state index in [2.05, 4.69) is 6.92 Å². The van der Waals surface area contributed by atoms with Crippen molar-refractivity contribution in [1.29, 1.82) is 0 Å². The molecule has 5 heteroatoms. The third-order valence-corrected chi connectivity index (χ3v) is 4.08. The van der Waals surface area contributed by atoms with Gasteiger partial charge >= 0.3 is 0 Å². The topological polar surface area (TPSA) is 29.5 Å². The van der Waals surface area contributed by atoms with E-state index in [9.17, 15) is 4.79 Å². The third kappa shape index (κ3) is 3.77. The number of benzene rings is 1. The molecule has 19 heavy (non-hydrogen) atoms. The van der Waals surface area contributed by atoms with Crippen LogP contribution in [0.5, 0.6) is 5.75 Å². The van der Waals surface area contributed by atoms with Gasteiger partial charge < -0.3 is 9.64 Å². The summed E-state index contributed by atoms with van der Waals surface area (Å²) in [6.45, 7) is 3.79. The Balaban J connectivity index is 1.91. The van der Waals surface area contributed by atoms with Crippen molar-refractivity contribution in [3.63, 3.8) is 0 Å². The van der Waals surface area contributed by atoms with Crippen molar-refractivity contribution < 1.29 is 9.53 Å². The van der Waals surface area contributed by atoms with Gasteiger partial charge in [0.15, 0.2) is 6.61 Å². The first-order valence-corrected chi connectivity index (χ1v) is 7.18. The van der Waals surface area contributed by atoms with Crippen molar-refractivity contribution >= 4 is 29.1 Å². The molecule has 1 aromatic carbocycles. The zero-order chi connectivity index (χ0) is 13.8. The van der Waals surface area contributed by atoms with Crippen LogP contribution in [-0.4, -0.2) is 30.5 Å². The van der Waals surface area contributed by atoms with Gasteiger partial charge in [0.1, 0.15) is 10.8 Å². The molecule has 1 saturated heterocycles. The van der Waals surface area contributed by atoms with Crippen LogP contribution >= 0.6 is 23.2 Å². The summed E-state index contributed by atoms with van der Waals surface area (Å²) >= 11 is 11.9. The largest absolute Gasteiger partial charge is 0.482 e. The predicted molar refractivity (Wildman–Crippen MR) is 76.9 cm³/mol. The van der Waals surface area contributed by atoms with Crippen LogP contribution in [0.25, 0.3) is 0 Å². The zero-order valence-electron chi connectivity index (χ0n) is 10.9. The van der Waals surface area contributed by atoms with Crippen molar-refractivity contribution in [2.45, 2.75) is 19.8 Å². The summed E-state index contributed by atoms with van der Waals surface area (Å²) in [7, 11) is 0. The number of carbonyl (C=O) groups is 1. The Labute approximate surface area is 123 Å². The molecule has 0 spiro atoms. The fourth-order valence-electron chi connectivity index (χ4n) is 2.24. The number of nitrogens with zero attached hydrogens (tertiary/aromatic N) is 1. The molecule has 104 valence electrons. The second-order valence-corrected chi connectivity index (χ2v) is 5.71. The van der Waals surface area contributed by atoms with Crippen molar-refractivity contribution in [3.8, 4) is 5.75 Å². The number of hydrogen-bond donors (Lipinski definition) is 0. The minimum absolute atomic E-state index is 0.00240. The summed E-state index contributed by atoms with van der Waals surface area (Å²) in [6.07, 6.45) is 2.25.